The number of ether oxygens (including phenoxy) is 1. The first-order valence-corrected chi connectivity index (χ1v) is 6.89. The lowest BCUT2D eigenvalue weighted by molar-refractivity contribution is -0.144. The molecule has 0 radical (unpaired) electrons. The number of carbonyl (C=O) groups is 2. The molecular weight excluding hydrogens is 288 g/mol. The van der Waals surface area contributed by atoms with E-state index in [0.717, 1.165) is 0 Å². The maximum absolute atomic E-state index is 12.1. The molecule has 1 amide bonds. The van der Waals surface area contributed by atoms with Gasteiger partial charge in [-0.15, -0.1) is 0 Å². The van der Waals surface area contributed by atoms with E-state index in [1.807, 2.05) is 0 Å². The summed E-state index contributed by atoms with van der Waals surface area (Å²) in [5, 5.41) is 2.58. The zero-order valence-electron chi connectivity index (χ0n) is 10.9. The summed E-state index contributed by atoms with van der Waals surface area (Å²) in [4.78, 5) is 23.0. The van der Waals surface area contributed by atoms with Gasteiger partial charge in [0.1, 0.15) is 0 Å². The number of anilines is 1. The number of rotatable bonds is 7. The highest BCUT2D eigenvalue weighted by Crippen LogP contribution is 2.26. The summed E-state index contributed by atoms with van der Waals surface area (Å²) in [6, 6.07) is 6.07. The number of carbonyl (C=O) groups excluding carboxylic acids is 2. The predicted octanol–water partition coefficient (Wildman–Crippen LogP) is 3.28. The molecule has 0 aliphatic rings. The number of halogens is 2. The van der Waals surface area contributed by atoms with Crippen molar-refractivity contribution in [1.82, 2.24) is 0 Å². The molecule has 0 fully saturated rings. The first kappa shape index (κ1) is 16.4. The van der Waals surface area contributed by atoms with Crippen LogP contribution in [0.25, 0.3) is 0 Å². The second-order valence-electron chi connectivity index (χ2n) is 3.76. The summed E-state index contributed by atoms with van der Waals surface area (Å²) in [6.45, 7) is 1.97. The zero-order chi connectivity index (χ0) is 15.0. The average Bonchev–Trinajstić information content (AvgIpc) is 2.38. The van der Waals surface area contributed by atoms with Crippen molar-refractivity contribution < 1.29 is 23.1 Å². The first-order valence-electron chi connectivity index (χ1n) is 6.01. The molecule has 0 unspecified atom stereocenters. The third-order valence-electron chi connectivity index (χ3n) is 2.22. The van der Waals surface area contributed by atoms with Crippen molar-refractivity contribution in [3.05, 3.63) is 24.3 Å². The highest BCUT2D eigenvalue weighted by molar-refractivity contribution is 7.99. The first-order chi connectivity index (χ1) is 9.51. The number of nitrogens with one attached hydrogen (secondary N) is 1. The van der Waals surface area contributed by atoms with Gasteiger partial charge in [-0.3, -0.25) is 9.59 Å². The Labute approximate surface area is 119 Å². The Hall–Kier alpha value is -1.63. The molecule has 0 saturated carbocycles. The van der Waals surface area contributed by atoms with Crippen LogP contribution in [0, 0.1) is 0 Å². The number of benzene rings is 1. The topological polar surface area (TPSA) is 55.4 Å². The summed E-state index contributed by atoms with van der Waals surface area (Å²) < 4.78 is 28.9. The van der Waals surface area contributed by atoms with Gasteiger partial charge in [-0.25, -0.2) is 0 Å². The molecule has 110 valence electrons. The maximum atomic E-state index is 12.1. The molecule has 1 aromatic rings. The monoisotopic (exact) mass is 303 g/mol. The number of esters is 1. The van der Waals surface area contributed by atoms with Crippen LogP contribution < -0.4 is 5.32 Å². The van der Waals surface area contributed by atoms with Crippen molar-refractivity contribution in [3.8, 4) is 0 Å². The number of hydrogen-bond acceptors (Lipinski definition) is 4. The van der Waals surface area contributed by atoms with Crippen molar-refractivity contribution in [1.29, 1.82) is 0 Å². The minimum Gasteiger partial charge on any atom is -0.466 e. The number of hydrogen-bond donors (Lipinski definition) is 1. The highest BCUT2D eigenvalue weighted by atomic mass is 32.2. The van der Waals surface area contributed by atoms with Crippen molar-refractivity contribution in [2.24, 2.45) is 0 Å². The van der Waals surface area contributed by atoms with Gasteiger partial charge >= 0.3 is 5.97 Å². The van der Waals surface area contributed by atoms with Gasteiger partial charge in [0.15, 0.2) is 0 Å². The van der Waals surface area contributed by atoms with Gasteiger partial charge in [-0.1, -0.05) is 11.8 Å². The highest BCUT2D eigenvalue weighted by Gasteiger charge is 2.08. The van der Waals surface area contributed by atoms with Gasteiger partial charge in [0, 0.05) is 17.0 Å². The predicted molar refractivity (Wildman–Crippen MR) is 72.8 cm³/mol. The van der Waals surface area contributed by atoms with Gasteiger partial charge in [-0.2, -0.15) is 8.78 Å². The normalized spacial score (nSPS) is 10.4. The minimum atomic E-state index is -2.47. The van der Waals surface area contributed by atoms with Crippen LogP contribution in [0.3, 0.4) is 0 Å². The molecule has 20 heavy (non-hydrogen) atoms. The molecular formula is C13H15F2NO3S. The summed E-state index contributed by atoms with van der Waals surface area (Å²) >= 11 is 0.438. The van der Waals surface area contributed by atoms with E-state index >= 15 is 0 Å². The molecule has 0 heterocycles. The number of alkyl halides is 2. The minimum absolute atomic E-state index is 0.0129. The van der Waals surface area contributed by atoms with Gasteiger partial charge in [0.25, 0.3) is 5.76 Å². The quantitative estimate of drug-likeness (QED) is 0.620. The van der Waals surface area contributed by atoms with E-state index in [1.54, 1.807) is 6.92 Å². The van der Waals surface area contributed by atoms with Crippen molar-refractivity contribution in [2.75, 3.05) is 11.9 Å². The van der Waals surface area contributed by atoms with Gasteiger partial charge in [0.05, 0.1) is 13.0 Å². The molecule has 0 aromatic heterocycles. The van der Waals surface area contributed by atoms with Crippen LogP contribution in [0.5, 0.6) is 0 Å². The molecule has 1 rings (SSSR count). The third kappa shape index (κ3) is 6.51. The van der Waals surface area contributed by atoms with E-state index in [-0.39, 0.29) is 25.4 Å². The molecule has 0 atom stereocenters. The smallest absolute Gasteiger partial charge is 0.306 e. The SMILES string of the molecule is CCOC(=O)CCC(=O)Nc1ccc(SC(F)F)cc1. The molecule has 0 aliphatic heterocycles. The summed E-state index contributed by atoms with van der Waals surface area (Å²) in [5.74, 6) is -3.22. The lowest BCUT2D eigenvalue weighted by Crippen LogP contribution is -2.14. The van der Waals surface area contributed by atoms with Gasteiger partial charge in [-0.05, 0) is 31.2 Å². The maximum Gasteiger partial charge on any atom is 0.306 e. The lowest BCUT2D eigenvalue weighted by atomic mass is 10.2. The van der Waals surface area contributed by atoms with Gasteiger partial charge in [0.2, 0.25) is 5.91 Å². The van der Waals surface area contributed by atoms with Crippen LogP contribution in [0.4, 0.5) is 14.5 Å². The second-order valence-corrected chi connectivity index (χ2v) is 4.82. The van der Waals surface area contributed by atoms with E-state index in [1.165, 1.54) is 24.3 Å². The van der Waals surface area contributed by atoms with Crippen LogP contribution >= 0.6 is 11.8 Å². The summed E-state index contributed by atoms with van der Waals surface area (Å²) in [7, 11) is 0. The fourth-order valence-electron chi connectivity index (χ4n) is 1.39. The molecule has 0 saturated heterocycles. The Morgan fingerprint density at radius 3 is 2.45 bits per heavy atom. The van der Waals surface area contributed by atoms with Crippen LogP contribution in [-0.2, 0) is 14.3 Å². The Morgan fingerprint density at radius 1 is 1.25 bits per heavy atom. The molecule has 0 spiro atoms. The van der Waals surface area contributed by atoms with E-state index in [2.05, 4.69) is 5.32 Å². The van der Waals surface area contributed by atoms with E-state index in [4.69, 9.17) is 4.74 Å². The second kappa shape index (κ2) is 8.52. The fraction of sp³-hybridized carbons (Fsp3) is 0.385. The van der Waals surface area contributed by atoms with Gasteiger partial charge < -0.3 is 10.1 Å². The fourth-order valence-corrected chi connectivity index (χ4v) is 1.89. The third-order valence-corrected chi connectivity index (χ3v) is 2.95. The van der Waals surface area contributed by atoms with E-state index in [9.17, 15) is 18.4 Å². The molecule has 4 nitrogen and oxygen atoms in total. The van der Waals surface area contributed by atoms with Crippen molar-refractivity contribution in [2.45, 2.75) is 30.4 Å². The molecule has 1 aromatic carbocycles. The standard InChI is InChI=1S/C13H15F2NO3S/c1-2-19-12(18)8-7-11(17)16-9-3-5-10(6-4-9)20-13(14)15/h3-6,13H,2,7-8H2,1H3,(H,16,17). The summed E-state index contributed by atoms with van der Waals surface area (Å²) in [5.41, 5.74) is 0.498. The lowest BCUT2D eigenvalue weighted by Gasteiger charge is -2.06. The summed E-state index contributed by atoms with van der Waals surface area (Å²) in [6.07, 6.45) is 0.0331. The van der Waals surface area contributed by atoms with E-state index < -0.39 is 11.7 Å². The van der Waals surface area contributed by atoms with Crippen molar-refractivity contribution in [3.63, 3.8) is 0 Å². The Balaban J connectivity index is 2.40. The van der Waals surface area contributed by atoms with E-state index in [0.29, 0.717) is 22.3 Å². The zero-order valence-corrected chi connectivity index (χ0v) is 11.7. The molecule has 7 heteroatoms. The van der Waals surface area contributed by atoms with Crippen molar-refractivity contribution >= 4 is 29.3 Å². The molecule has 0 aliphatic carbocycles. The van der Waals surface area contributed by atoms with Crippen LogP contribution in [-0.4, -0.2) is 24.2 Å². The molecule has 1 N–H and O–H groups in total. The number of amides is 1. The Morgan fingerprint density at radius 2 is 1.90 bits per heavy atom. The largest absolute Gasteiger partial charge is 0.466 e. The average molecular weight is 303 g/mol. The molecule has 0 bridgehead atoms. The Bertz CT molecular complexity index is 451. The number of thioether (sulfide) groups is 1. The van der Waals surface area contributed by atoms with Crippen LogP contribution in [0.15, 0.2) is 29.2 Å². The Kier molecular flexibility index (Phi) is 7.00. The van der Waals surface area contributed by atoms with Crippen LogP contribution in [0.1, 0.15) is 19.8 Å². The van der Waals surface area contributed by atoms with Crippen LogP contribution in [0.2, 0.25) is 0 Å².